The van der Waals surface area contributed by atoms with Gasteiger partial charge in [-0.2, -0.15) is 0 Å². The molecule has 1 aliphatic heterocycles. The molecule has 2 atom stereocenters. The summed E-state index contributed by atoms with van der Waals surface area (Å²) in [4.78, 5) is 30.0. The van der Waals surface area contributed by atoms with Gasteiger partial charge in [0.05, 0.1) is 0 Å². The maximum Gasteiger partial charge on any atom is 0.306 e. The van der Waals surface area contributed by atoms with Gasteiger partial charge in [-0.1, -0.05) is 31.0 Å². The van der Waals surface area contributed by atoms with Gasteiger partial charge in [-0.25, -0.2) is 0 Å². The number of para-hydroxylation sites is 1. The molecule has 1 saturated heterocycles. The summed E-state index contributed by atoms with van der Waals surface area (Å²) >= 11 is 0. The molecule has 2 heterocycles. The molecule has 1 aromatic heterocycles. The van der Waals surface area contributed by atoms with Crippen LogP contribution in [-0.2, 0) is 20.7 Å². The molecule has 27 heavy (non-hydrogen) atoms. The van der Waals surface area contributed by atoms with Crippen LogP contribution in [0.4, 0.5) is 0 Å². The summed E-state index contributed by atoms with van der Waals surface area (Å²) in [6, 6.07) is 8.41. The van der Waals surface area contributed by atoms with E-state index in [9.17, 15) is 9.59 Å². The van der Waals surface area contributed by atoms with Gasteiger partial charge in [-0.15, -0.1) is 0 Å². The molecular formula is C22H28N2O3. The number of benzene rings is 1. The monoisotopic (exact) mass is 368 g/mol. The molecule has 5 nitrogen and oxygen atoms in total. The van der Waals surface area contributed by atoms with Crippen LogP contribution in [0.25, 0.3) is 10.9 Å². The minimum Gasteiger partial charge on any atom is -0.456 e. The third-order valence-corrected chi connectivity index (χ3v) is 6.19. The van der Waals surface area contributed by atoms with Crippen LogP contribution in [0.2, 0.25) is 0 Å². The summed E-state index contributed by atoms with van der Waals surface area (Å²) in [6.45, 7) is 0.697. The highest BCUT2D eigenvalue weighted by atomic mass is 16.5. The second-order valence-corrected chi connectivity index (χ2v) is 7.86. The van der Waals surface area contributed by atoms with Gasteiger partial charge in [-0.05, 0) is 49.7 Å². The van der Waals surface area contributed by atoms with Gasteiger partial charge in [0.15, 0.2) is 6.61 Å². The molecule has 0 bridgehead atoms. The van der Waals surface area contributed by atoms with Crippen LogP contribution in [0.3, 0.4) is 0 Å². The number of piperidine rings is 1. The Morgan fingerprint density at radius 2 is 1.93 bits per heavy atom. The number of ether oxygens (including phenoxy) is 1. The molecule has 144 valence electrons. The van der Waals surface area contributed by atoms with E-state index < -0.39 is 0 Å². The van der Waals surface area contributed by atoms with E-state index in [0.717, 1.165) is 35.9 Å². The fraction of sp³-hybridized carbons (Fsp3) is 0.545. The lowest BCUT2D eigenvalue weighted by molar-refractivity contribution is -0.154. The van der Waals surface area contributed by atoms with E-state index in [2.05, 4.69) is 4.98 Å². The highest BCUT2D eigenvalue weighted by Crippen LogP contribution is 2.35. The number of aromatic nitrogens is 1. The summed E-state index contributed by atoms with van der Waals surface area (Å²) in [7, 11) is 0. The zero-order chi connectivity index (χ0) is 18.6. The number of carbonyl (C=O) groups is 2. The van der Waals surface area contributed by atoms with Crippen molar-refractivity contribution in [1.29, 1.82) is 0 Å². The fourth-order valence-corrected chi connectivity index (χ4v) is 4.81. The molecule has 0 radical (unpaired) electrons. The van der Waals surface area contributed by atoms with Crippen LogP contribution in [0.15, 0.2) is 30.5 Å². The van der Waals surface area contributed by atoms with Crippen molar-refractivity contribution in [1.82, 2.24) is 9.88 Å². The van der Waals surface area contributed by atoms with E-state index in [0.29, 0.717) is 24.8 Å². The Morgan fingerprint density at radius 1 is 1.11 bits per heavy atom. The molecule has 1 amide bonds. The first-order valence-electron chi connectivity index (χ1n) is 10.2. The van der Waals surface area contributed by atoms with Gasteiger partial charge in [0.1, 0.15) is 0 Å². The molecule has 2 aromatic rings. The zero-order valence-electron chi connectivity index (χ0n) is 15.8. The lowest BCUT2D eigenvalue weighted by Gasteiger charge is -2.44. The van der Waals surface area contributed by atoms with Gasteiger partial charge < -0.3 is 14.6 Å². The van der Waals surface area contributed by atoms with Gasteiger partial charge in [0.2, 0.25) is 0 Å². The Labute approximate surface area is 160 Å². The largest absolute Gasteiger partial charge is 0.456 e. The van der Waals surface area contributed by atoms with Crippen molar-refractivity contribution >= 4 is 22.8 Å². The number of carbonyl (C=O) groups excluding carboxylic acids is 2. The number of fused-ring (bicyclic) bond motifs is 2. The van der Waals surface area contributed by atoms with E-state index >= 15 is 0 Å². The number of nitrogens with zero attached hydrogens (tertiary/aromatic N) is 1. The average Bonchev–Trinajstić information content (AvgIpc) is 3.13. The molecule has 0 spiro atoms. The van der Waals surface area contributed by atoms with Crippen molar-refractivity contribution in [3.8, 4) is 0 Å². The van der Waals surface area contributed by atoms with Crippen LogP contribution >= 0.6 is 0 Å². The van der Waals surface area contributed by atoms with Crippen molar-refractivity contribution in [3.05, 3.63) is 36.0 Å². The Kier molecular flexibility index (Phi) is 5.46. The van der Waals surface area contributed by atoms with E-state index in [1.807, 2.05) is 35.4 Å². The van der Waals surface area contributed by atoms with Crippen molar-refractivity contribution in [2.75, 3.05) is 13.2 Å². The number of aromatic amines is 1. The van der Waals surface area contributed by atoms with Crippen molar-refractivity contribution in [2.45, 2.75) is 57.4 Å². The molecule has 5 heteroatoms. The third kappa shape index (κ3) is 4.02. The predicted octanol–water partition coefficient (Wildman–Crippen LogP) is 3.82. The van der Waals surface area contributed by atoms with Crippen molar-refractivity contribution in [3.63, 3.8) is 0 Å². The molecule has 1 saturated carbocycles. The Balaban J connectivity index is 1.27. The van der Waals surface area contributed by atoms with Crippen LogP contribution in [0.5, 0.6) is 0 Å². The maximum atomic E-state index is 12.6. The topological polar surface area (TPSA) is 62.4 Å². The van der Waals surface area contributed by atoms with E-state index in [4.69, 9.17) is 4.74 Å². The molecular weight excluding hydrogens is 340 g/mol. The van der Waals surface area contributed by atoms with Crippen molar-refractivity contribution in [2.24, 2.45) is 5.92 Å². The summed E-state index contributed by atoms with van der Waals surface area (Å²) in [5.74, 6) is 0.326. The van der Waals surface area contributed by atoms with Gasteiger partial charge in [0, 0.05) is 36.1 Å². The van der Waals surface area contributed by atoms with Crippen molar-refractivity contribution < 1.29 is 14.3 Å². The standard InChI is InChI=1S/C22H28N2O3/c25-21(24-13-5-7-16-6-1-4-10-20(16)24)15-27-22(26)12-11-17-14-23-19-9-3-2-8-18(17)19/h2-3,8-9,14,16,20,23H,1,4-7,10-13,15H2/t16-,20+/m1/s1. The summed E-state index contributed by atoms with van der Waals surface area (Å²) in [5, 5.41) is 1.14. The molecule has 1 aliphatic carbocycles. The maximum absolute atomic E-state index is 12.6. The van der Waals surface area contributed by atoms with Crippen LogP contribution in [0, 0.1) is 5.92 Å². The van der Waals surface area contributed by atoms with Gasteiger partial charge in [0.25, 0.3) is 5.91 Å². The lowest BCUT2D eigenvalue weighted by atomic mass is 9.78. The van der Waals surface area contributed by atoms with Crippen LogP contribution < -0.4 is 0 Å². The number of aryl methyl sites for hydroxylation is 1. The fourth-order valence-electron chi connectivity index (χ4n) is 4.81. The van der Waals surface area contributed by atoms with E-state index in [-0.39, 0.29) is 18.5 Å². The molecule has 2 aliphatic rings. The normalized spacial score (nSPS) is 22.4. The first kappa shape index (κ1) is 18.1. The summed E-state index contributed by atoms with van der Waals surface area (Å²) < 4.78 is 5.31. The second kappa shape index (κ2) is 8.15. The predicted molar refractivity (Wildman–Crippen MR) is 104 cm³/mol. The SMILES string of the molecule is O=C(CCc1c[nH]c2ccccc12)OCC(=O)N1CCC[C@H]2CCCC[C@@H]21. The van der Waals surface area contributed by atoms with Gasteiger partial charge in [-0.3, -0.25) is 9.59 Å². The molecule has 0 unspecified atom stereocenters. The Bertz CT molecular complexity index is 811. The highest BCUT2D eigenvalue weighted by Gasteiger charge is 2.35. The number of likely N-dealkylation sites (tertiary alicyclic amines) is 1. The van der Waals surface area contributed by atoms with E-state index in [1.165, 1.54) is 25.7 Å². The third-order valence-electron chi connectivity index (χ3n) is 6.19. The Hall–Kier alpha value is -2.30. The average molecular weight is 368 g/mol. The summed E-state index contributed by atoms with van der Waals surface area (Å²) in [5.41, 5.74) is 2.18. The van der Waals surface area contributed by atoms with Crippen LogP contribution in [-0.4, -0.2) is 41.0 Å². The zero-order valence-corrected chi connectivity index (χ0v) is 15.8. The van der Waals surface area contributed by atoms with E-state index in [1.54, 1.807) is 0 Å². The smallest absolute Gasteiger partial charge is 0.306 e. The molecule has 1 aromatic carbocycles. The number of esters is 1. The number of hydrogen-bond donors (Lipinski definition) is 1. The number of amides is 1. The minimum atomic E-state index is -0.300. The number of rotatable bonds is 5. The molecule has 4 rings (SSSR count). The number of H-pyrrole nitrogens is 1. The first-order chi connectivity index (χ1) is 13.2. The minimum absolute atomic E-state index is 0.0213. The molecule has 2 fully saturated rings. The van der Waals surface area contributed by atoms with Crippen LogP contribution in [0.1, 0.15) is 50.5 Å². The number of nitrogens with one attached hydrogen (secondary N) is 1. The number of hydrogen-bond acceptors (Lipinski definition) is 3. The second-order valence-electron chi connectivity index (χ2n) is 7.86. The Morgan fingerprint density at radius 3 is 2.85 bits per heavy atom. The first-order valence-corrected chi connectivity index (χ1v) is 10.2. The highest BCUT2D eigenvalue weighted by molar-refractivity contribution is 5.84. The van der Waals surface area contributed by atoms with Gasteiger partial charge >= 0.3 is 5.97 Å². The summed E-state index contributed by atoms with van der Waals surface area (Å²) in [6.07, 6.45) is 9.98. The lowest BCUT2D eigenvalue weighted by Crippen LogP contribution is -2.50. The quantitative estimate of drug-likeness (QED) is 0.816. The molecule has 1 N–H and O–H groups in total.